The highest BCUT2D eigenvalue weighted by atomic mass is 32.2. The normalized spacial score (nSPS) is 19.3. The summed E-state index contributed by atoms with van der Waals surface area (Å²) in [6.45, 7) is 4.90. The number of hydrogen-bond acceptors (Lipinski definition) is 7. The molecule has 3 aromatic heterocycles. The third-order valence-electron chi connectivity index (χ3n) is 6.43. The van der Waals surface area contributed by atoms with E-state index in [-0.39, 0.29) is 17.0 Å². The van der Waals surface area contributed by atoms with Crippen molar-refractivity contribution in [2.75, 3.05) is 31.7 Å². The van der Waals surface area contributed by atoms with Gasteiger partial charge in [-0.05, 0) is 62.2 Å². The Labute approximate surface area is 194 Å². The maximum absolute atomic E-state index is 12.8. The van der Waals surface area contributed by atoms with Crippen molar-refractivity contribution in [1.29, 1.82) is 0 Å². The minimum absolute atomic E-state index is 0.0417. The highest BCUT2D eigenvalue weighted by molar-refractivity contribution is 7.91. The van der Waals surface area contributed by atoms with Crippen molar-refractivity contribution in [2.45, 2.75) is 49.8 Å². The lowest BCUT2D eigenvalue weighted by Crippen LogP contribution is -2.45. The third kappa shape index (κ3) is 4.76. The van der Waals surface area contributed by atoms with Gasteiger partial charge in [-0.2, -0.15) is 0 Å². The smallest absolute Gasteiger partial charge is 0.157 e. The van der Waals surface area contributed by atoms with Crippen LogP contribution in [-0.4, -0.2) is 61.5 Å². The number of sulfone groups is 1. The highest BCUT2D eigenvalue weighted by Gasteiger charge is 2.36. The zero-order valence-electron chi connectivity index (χ0n) is 19.2. The van der Waals surface area contributed by atoms with Gasteiger partial charge in [0.2, 0.25) is 0 Å². The number of nitrogens with zero attached hydrogens (tertiary/aromatic N) is 3. The van der Waals surface area contributed by atoms with Gasteiger partial charge < -0.3 is 19.9 Å². The molecule has 5 rings (SSSR count). The zero-order chi connectivity index (χ0) is 23.0. The predicted octanol–water partition coefficient (Wildman–Crippen LogP) is 3.04. The maximum atomic E-state index is 12.8. The first-order chi connectivity index (χ1) is 16.0. The van der Waals surface area contributed by atoms with E-state index < -0.39 is 9.84 Å². The number of rotatable bonds is 8. The molecule has 0 aromatic carbocycles. The summed E-state index contributed by atoms with van der Waals surface area (Å²) < 4.78 is 31.2. The van der Waals surface area contributed by atoms with E-state index in [0.717, 1.165) is 66.2 Å². The lowest BCUT2D eigenvalue weighted by atomic mass is 10.1. The first-order valence-electron chi connectivity index (χ1n) is 11.7. The lowest BCUT2D eigenvalue weighted by Gasteiger charge is -2.36. The molecule has 8 nitrogen and oxygen atoms in total. The van der Waals surface area contributed by atoms with Gasteiger partial charge in [-0.1, -0.05) is 6.92 Å². The molecule has 3 aromatic rings. The number of fused-ring (bicyclic) bond motifs is 1. The maximum Gasteiger partial charge on any atom is 0.157 e. The molecule has 4 heterocycles. The second-order valence-corrected chi connectivity index (χ2v) is 11.3. The van der Waals surface area contributed by atoms with E-state index in [0.29, 0.717) is 18.9 Å². The van der Waals surface area contributed by atoms with Crippen LogP contribution in [0.2, 0.25) is 0 Å². The fraction of sp³-hybridized carbons (Fsp3) is 0.500. The fourth-order valence-corrected chi connectivity index (χ4v) is 6.22. The standard InChI is InChI=1S/C24H31N5O3S/c1-3-18-14-32-9-8-29(18)24-11-16(15-33(30,31)19-4-5-19)10-22(28-24)21-7-6-20-23(27-21)12-17(26-20)13-25-2/h6-7,10-12,18-19,25-26H,3-5,8-9,13-15H2,1-2H3. The average Bonchev–Trinajstić information content (AvgIpc) is 3.60. The van der Waals surface area contributed by atoms with Crippen molar-refractivity contribution in [3.8, 4) is 11.4 Å². The van der Waals surface area contributed by atoms with Crippen molar-refractivity contribution in [3.63, 3.8) is 0 Å². The Bertz CT molecular complexity index is 1250. The van der Waals surface area contributed by atoms with Gasteiger partial charge in [-0.3, -0.25) is 0 Å². The number of anilines is 1. The van der Waals surface area contributed by atoms with E-state index in [9.17, 15) is 8.42 Å². The Hall–Kier alpha value is -2.49. The summed E-state index contributed by atoms with van der Waals surface area (Å²) in [6, 6.07) is 10.0. The van der Waals surface area contributed by atoms with Gasteiger partial charge in [-0.15, -0.1) is 0 Å². The number of ether oxygens (including phenoxy) is 1. The van der Waals surface area contributed by atoms with Crippen molar-refractivity contribution >= 4 is 26.7 Å². The van der Waals surface area contributed by atoms with Gasteiger partial charge in [-0.25, -0.2) is 18.4 Å². The number of aromatic nitrogens is 3. The van der Waals surface area contributed by atoms with Crippen LogP contribution in [0.4, 0.5) is 5.82 Å². The molecule has 1 aliphatic heterocycles. The summed E-state index contributed by atoms with van der Waals surface area (Å²) in [5, 5.41) is 2.95. The van der Waals surface area contributed by atoms with Gasteiger partial charge >= 0.3 is 0 Å². The predicted molar refractivity (Wildman–Crippen MR) is 130 cm³/mol. The topological polar surface area (TPSA) is 100 Å². The molecule has 1 saturated carbocycles. The molecule has 2 fully saturated rings. The van der Waals surface area contributed by atoms with Crippen LogP contribution in [0, 0.1) is 0 Å². The van der Waals surface area contributed by atoms with Crippen LogP contribution in [-0.2, 0) is 26.9 Å². The Kier molecular flexibility index (Phi) is 6.11. The number of H-pyrrole nitrogens is 1. The molecule has 9 heteroatoms. The van der Waals surface area contributed by atoms with Crippen LogP contribution >= 0.6 is 0 Å². The molecule has 33 heavy (non-hydrogen) atoms. The van der Waals surface area contributed by atoms with Crippen LogP contribution in [0.3, 0.4) is 0 Å². The SMILES string of the molecule is CCC1COCCN1c1cc(CS(=O)(=O)C2CC2)cc(-c2ccc3[nH]c(CNC)cc3n2)n1. The zero-order valence-corrected chi connectivity index (χ0v) is 20.0. The molecular formula is C24H31N5O3S. The number of hydrogen-bond donors (Lipinski definition) is 2. The van der Waals surface area contributed by atoms with Crippen molar-refractivity contribution < 1.29 is 13.2 Å². The molecule has 1 unspecified atom stereocenters. The van der Waals surface area contributed by atoms with Gasteiger partial charge in [0.05, 0.1) is 52.7 Å². The van der Waals surface area contributed by atoms with Crippen LogP contribution < -0.4 is 10.2 Å². The van der Waals surface area contributed by atoms with E-state index in [1.807, 2.05) is 37.4 Å². The monoisotopic (exact) mass is 469 g/mol. The minimum Gasteiger partial charge on any atom is -0.377 e. The summed E-state index contributed by atoms with van der Waals surface area (Å²) >= 11 is 0. The average molecular weight is 470 g/mol. The minimum atomic E-state index is -3.15. The Balaban J connectivity index is 1.56. The van der Waals surface area contributed by atoms with Crippen molar-refractivity contribution in [1.82, 2.24) is 20.3 Å². The van der Waals surface area contributed by atoms with Crippen LogP contribution in [0.15, 0.2) is 30.3 Å². The molecule has 0 radical (unpaired) electrons. The summed E-state index contributed by atoms with van der Waals surface area (Å²) in [4.78, 5) is 15.4. The molecule has 0 spiro atoms. The number of aromatic amines is 1. The Morgan fingerprint density at radius 2 is 2.03 bits per heavy atom. The second kappa shape index (κ2) is 9.04. The molecular weight excluding hydrogens is 438 g/mol. The lowest BCUT2D eigenvalue weighted by molar-refractivity contribution is 0.0926. The number of pyridine rings is 2. The van der Waals surface area contributed by atoms with Gasteiger partial charge in [0, 0.05) is 18.8 Å². The molecule has 176 valence electrons. The molecule has 1 aliphatic carbocycles. The van der Waals surface area contributed by atoms with E-state index in [4.69, 9.17) is 14.7 Å². The van der Waals surface area contributed by atoms with E-state index in [1.165, 1.54) is 0 Å². The van der Waals surface area contributed by atoms with Crippen LogP contribution in [0.25, 0.3) is 22.4 Å². The third-order valence-corrected chi connectivity index (χ3v) is 8.65. The molecule has 2 aliphatic rings. The van der Waals surface area contributed by atoms with Gasteiger partial charge in [0.15, 0.2) is 9.84 Å². The van der Waals surface area contributed by atoms with Crippen LogP contribution in [0.5, 0.6) is 0 Å². The Morgan fingerprint density at radius 3 is 2.79 bits per heavy atom. The molecule has 2 N–H and O–H groups in total. The van der Waals surface area contributed by atoms with Crippen LogP contribution in [0.1, 0.15) is 37.4 Å². The van der Waals surface area contributed by atoms with E-state index in [2.05, 4.69) is 22.1 Å². The fourth-order valence-electron chi connectivity index (χ4n) is 4.50. The summed E-state index contributed by atoms with van der Waals surface area (Å²) in [7, 11) is -1.24. The van der Waals surface area contributed by atoms with E-state index >= 15 is 0 Å². The van der Waals surface area contributed by atoms with Crippen molar-refractivity contribution in [2.24, 2.45) is 0 Å². The summed E-state index contributed by atoms with van der Waals surface area (Å²) in [5.74, 6) is 0.843. The molecule has 1 atom stereocenters. The first-order valence-corrected chi connectivity index (χ1v) is 13.4. The van der Waals surface area contributed by atoms with Gasteiger partial charge in [0.25, 0.3) is 0 Å². The summed E-state index contributed by atoms with van der Waals surface area (Å²) in [5.41, 5.74) is 5.12. The molecule has 1 saturated heterocycles. The van der Waals surface area contributed by atoms with E-state index in [1.54, 1.807) is 0 Å². The largest absolute Gasteiger partial charge is 0.377 e. The molecule has 0 bridgehead atoms. The first kappa shape index (κ1) is 22.3. The van der Waals surface area contributed by atoms with Gasteiger partial charge in [0.1, 0.15) is 5.82 Å². The number of nitrogens with one attached hydrogen (secondary N) is 2. The highest BCUT2D eigenvalue weighted by Crippen LogP contribution is 2.33. The number of morpholine rings is 1. The Morgan fingerprint density at radius 1 is 1.18 bits per heavy atom. The summed E-state index contributed by atoms with van der Waals surface area (Å²) in [6.07, 6.45) is 2.48. The quantitative estimate of drug-likeness (QED) is 0.523. The molecule has 0 amide bonds. The second-order valence-electron chi connectivity index (χ2n) is 9.01. The van der Waals surface area contributed by atoms with Crippen molar-refractivity contribution in [3.05, 3.63) is 41.6 Å².